The number of halogens is 1. The number of anilines is 1. The van der Waals surface area contributed by atoms with Crippen LogP contribution in [0, 0.1) is 0 Å². The first-order valence-corrected chi connectivity index (χ1v) is 10.1. The first-order chi connectivity index (χ1) is 15.1. The van der Waals surface area contributed by atoms with Crippen molar-refractivity contribution in [2.24, 2.45) is 0 Å². The summed E-state index contributed by atoms with van der Waals surface area (Å²) in [5.41, 5.74) is 3.72. The van der Waals surface area contributed by atoms with Crippen molar-refractivity contribution in [3.8, 4) is 17.1 Å². The van der Waals surface area contributed by atoms with Crippen molar-refractivity contribution < 1.29 is 9.53 Å². The summed E-state index contributed by atoms with van der Waals surface area (Å²) >= 11 is 6.00. The van der Waals surface area contributed by atoms with Crippen molar-refractivity contribution in [3.05, 3.63) is 89.4 Å². The molecule has 0 spiro atoms. The van der Waals surface area contributed by atoms with Gasteiger partial charge in [-0.3, -0.25) is 4.79 Å². The van der Waals surface area contributed by atoms with Crippen molar-refractivity contribution in [2.75, 3.05) is 12.4 Å². The topological polar surface area (TPSA) is 67.0 Å². The number of methoxy groups -OCH3 is 1. The average molecular weight is 428 g/mol. The molecule has 0 aliphatic rings. The summed E-state index contributed by atoms with van der Waals surface area (Å²) in [5, 5.41) is 5.49. The van der Waals surface area contributed by atoms with Crippen LogP contribution in [0.4, 0.5) is 5.69 Å². The second kappa shape index (κ2) is 7.78. The number of amides is 1. The maximum atomic E-state index is 12.7. The number of aromatic nitrogens is 2. The maximum absolute atomic E-state index is 12.7. The Labute approximate surface area is 183 Å². The van der Waals surface area contributed by atoms with Crippen LogP contribution in [0.1, 0.15) is 10.4 Å². The summed E-state index contributed by atoms with van der Waals surface area (Å²) in [6.07, 6.45) is 0. The molecule has 0 unspecified atom stereocenters. The average Bonchev–Trinajstić information content (AvgIpc) is 3.21. The van der Waals surface area contributed by atoms with E-state index in [-0.39, 0.29) is 5.91 Å². The molecule has 152 valence electrons. The number of H-pyrrole nitrogens is 1. The number of benzene rings is 4. The van der Waals surface area contributed by atoms with E-state index in [1.165, 1.54) is 0 Å². The summed E-state index contributed by atoms with van der Waals surface area (Å²) in [6.45, 7) is 0. The van der Waals surface area contributed by atoms with E-state index < -0.39 is 0 Å². The molecule has 0 atom stereocenters. The summed E-state index contributed by atoms with van der Waals surface area (Å²) in [4.78, 5) is 20.8. The predicted octanol–water partition coefficient (Wildman–Crippen LogP) is 6.30. The molecule has 0 saturated carbocycles. The fourth-order valence-electron chi connectivity index (χ4n) is 3.70. The van der Waals surface area contributed by atoms with Crippen LogP contribution in [0.5, 0.6) is 5.75 Å². The minimum Gasteiger partial charge on any atom is -0.496 e. The third-order valence-electron chi connectivity index (χ3n) is 5.19. The number of aromatic amines is 1. The van der Waals surface area contributed by atoms with Crippen molar-refractivity contribution in [1.82, 2.24) is 9.97 Å². The van der Waals surface area contributed by atoms with E-state index in [0.29, 0.717) is 16.3 Å². The number of nitrogens with one attached hydrogen (secondary N) is 2. The molecule has 6 heteroatoms. The fraction of sp³-hybridized carbons (Fsp3) is 0.0400. The monoisotopic (exact) mass is 427 g/mol. The predicted molar refractivity (Wildman–Crippen MR) is 125 cm³/mol. The Morgan fingerprint density at radius 1 is 0.968 bits per heavy atom. The largest absolute Gasteiger partial charge is 0.496 e. The second-order valence-corrected chi connectivity index (χ2v) is 7.58. The standard InChI is InChI=1S/C25H18ClN3O2/c1-31-23-12-10-20(18-7-2-3-8-19(18)23)24-28-21-11-9-15(13-22(21)29-24)25(30)27-17-6-4-5-16(26)14-17/h2-14H,1H3,(H,27,30)(H,28,29). The molecule has 1 aromatic heterocycles. The molecular formula is C25H18ClN3O2. The Kier molecular flexibility index (Phi) is 4.81. The molecule has 5 rings (SSSR count). The minimum absolute atomic E-state index is 0.213. The molecular weight excluding hydrogens is 410 g/mol. The van der Waals surface area contributed by atoms with Gasteiger partial charge in [0.05, 0.1) is 18.1 Å². The Bertz CT molecular complexity index is 1440. The highest BCUT2D eigenvalue weighted by molar-refractivity contribution is 6.31. The van der Waals surface area contributed by atoms with Crippen molar-refractivity contribution >= 4 is 45.0 Å². The summed E-state index contributed by atoms with van der Waals surface area (Å²) < 4.78 is 5.49. The summed E-state index contributed by atoms with van der Waals surface area (Å²) in [7, 11) is 1.67. The van der Waals surface area contributed by atoms with Crippen molar-refractivity contribution in [2.45, 2.75) is 0 Å². The van der Waals surface area contributed by atoms with Gasteiger partial charge in [0.15, 0.2) is 0 Å². The highest BCUT2D eigenvalue weighted by Gasteiger charge is 2.13. The molecule has 5 aromatic rings. The highest BCUT2D eigenvalue weighted by atomic mass is 35.5. The van der Waals surface area contributed by atoms with Crippen LogP contribution in [0.3, 0.4) is 0 Å². The molecule has 1 heterocycles. The van der Waals surface area contributed by atoms with Gasteiger partial charge < -0.3 is 15.0 Å². The van der Waals surface area contributed by atoms with E-state index in [1.807, 2.05) is 42.5 Å². The quantitative estimate of drug-likeness (QED) is 0.354. The molecule has 0 aliphatic heterocycles. The zero-order chi connectivity index (χ0) is 21.4. The van der Waals surface area contributed by atoms with Gasteiger partial charge in [-0.15, -0.1) is 0 Å². The van der Waals surface area contributed by atoms with Crippen LogP contribution >= 0.6 is 11.6 Å². The van der Waals surface area contributed by atoms with Crippen LogP contribution in [0.15, 0.2) is 78.9 Å². The number of fused-ring (bicyclic) bond motifs is 2. The zero-order valence-corrected chi connectivity index (χ0v) is 17.4. The molecule has 2 N–H and O–H groups in total. The maximum Gasteiger partial charge on any atom is 0.255 e. The van der Waals surface area contributed by atoms with E-state index in [9.17, 15) is 4.79 Å². The minimum atomic E-state index is -0.213. The first-order valence-electron chi connectivity index (χ1n) is 9.75. The van der Waals surface area contributed by atoms with E-state index in [1.54, 1.807) is 43.5 Å². The highest BCUT2D eigenvalue weighted by Crippen LogP contribution is 2.34. The normalized spacial score (nSPS) is 11.0. The van der Waals surface area contributed by atoms with Crippen molar-refractivity contribution in [3.63, 3.8) is 0 Å². The third-order valence-corrected chi connectivity index (χ3v) is 5.42. The molecule has 4 aromatic carbocycles. The molecule has 0 fully saturated rings. The van der Waals surface area contributed by atoms with Gasteiger partial charge in [0.1, 0.15) is 11.6 Å². The molecule has 31 heavy (non-hydrogen) atoms. The summed E-state index contributed by atoms with van der Waals surface area (Å²) in [6, 6.07) is 24.4. The van der Waals surface area contributed by atoms with E-state index in [2.05, 4.69) is 10.3 Å². The number of hydrogen-bond acceptors (Lipinski definition) is 3. The Morgan fingerprint density at radius 2 is 1.81 bits per heavy atom. The van der Waals surface area contributed by atoms with Gasteiger partial charge >= 0.3 is 0 Å². The van der Waals surface area contributed by atoms with E-state index in [4.69, 9.17) is 21.3 Å². The number of rotatable bonds is 4. The van der Waals surface area contributed by atoms with Gasteiger partial charge in [-0.05, 0) is 53.9 Å². The van der Waals surface area contributed by atoms with Crippen LogP contribution in [0.25, 0.3) is 33.2 Å². The lowest BCUT2D eigenvalue weighted by molar-refractivity contribution is 0.102. The number of carbonyl (C=O) groups is 1. The molecule has 1 amide bonds. The Morgan fingerprint density at radius 3 is 2.61 bits per heavy atom. The number of ether oxygens (including phenoxy) is 1. The lowest BCUT2D eigenvalue weighted by Gasteiger charge is -2.08. The SMILES string of the molecule is COc1ccc(-c2nc3ccc(C(=O)Nc4cccc(Cl)c4)cc3[nH]2)c2ccccc12. The first kappa shape index (κ1) is 19.2. The number of nitrogens with zero attached hydrogens (tertiary/aromatic N) is 1. The van der Waals surface area contributed by atoms with Gasteiger partial charge in [0, 0.05) is 27.2 Å². The lowest BCUT2D eigenvalue weighted by Crippen LogP contribution is -2.11. The smallest absolute Gasteiger partial charge is 0.255 e. The molecule has 0 radical (unpaired) electrons. The van der Waals surface area contributed by atoms with Gasteiger partial charge in [-0.25, -0.2) is 4.98 Å². The van der Waals surface area contributed by atoms with Crippen LogP contribution in [-0.2, 0) is 0 Å². The zero-order valence-electron chi connectivity index (χ0n) is 16.6. The van der Waals surface area contributed by atoms with Crippen LogP contribution in [0.2, 0.25) is 5.02 Å². The number of imidazole rings is 1. The van der Waals surface area contributed by atoms with E-state index in [0.717, 1.165) is 38.9 Å². The Balaban J connectivity index is 1.52. The van der Waals surface area contributed by atoms with Crippen molar-refractivity contribution in [1.29, 1.82) is 0 Å². The number of hydrogen-bond donors (Lipinski definition) is 2. The van der Waals surface area contributed by atoms with Crippen LogP contribution in [-0.4, -0.2) is 23.0 Å². The van der Waals surface area contributed by atoms with Gasteiger partial charge in [0.2, 0.25) is 0 Å². The Hall–Kier alpha value is -3.83. The number of carbonyl (C=O) groups excluding carboxylic acids is 1. The molecule has 0 bridgehead atoms. The molecule has 0 saturated heterocycles. The van der Waals surface area contributed by atoms with E-state index >= 15 is 0 Å². The molecule has 5 nitrogen and oxygen atoms in total. The second-order valence-electron chi connectivity index (χ2n) is 7.14. The summed E-state index contributed by atoms with van der Waals surface area (Å²) in [5.74, 6) is 1.34. The lowest BCUT2D eigenvalue weighted by atomic mass is 10.0. The van der Waals surface area contributed by atoms with Gasteiger partial charge in [-0.2, -0.15) is 0 Å². The van der Waals surface area contributed by atoms with Gasteiger partial charge in [0.25, 0.3) is 5.91 Å². The van der Waals surface area contributed by atoms with Gasteiger partial charge in [-0.1, -0.05) is 41.9 Å². The van der Waals surface area contributed by atoms with Crippen LogP contribution < -0.4 is 10.1 Å². The molecule has 0 aliphatic carbocycles. The fourth-order valence-corrected chi connectivity index (χ4v) is 3.89. The third kappa shape index (κ3) is 3.60.